The number of ether oxygens (including phenoxy) is 3. The molecule has 0 amide bonds. The number of fused-ring (bicyclic) bond motifs is 1. The molecule has 0 spiro atoms. The van der Waals surface area contributed by atoms with Gasteiger partial charge in [0, 0.05) is 23.5 Å². The molecule has 5 rings (SSSR count). The smallest absolute Gasteiger partial charge is 0.343 e. The number of rotatable bonds is 9. The Bertz CT molecular complexity index is 1900. The number of ketones is 1. The monoisotopic (exact) mass is 604 g/mol. The van der Waals surface area contributed by atoms with Crippen LogP contribution in [0.2, 0.25) is 0 Å². The number of benzene rings is 4. The van der Waals surface area contributed by atoms with Gasteiger partial charge in [-0.1, -0.05) is 78.9 Å². The van der Waals surface area contributed by atoms with Crippen LogP contribution < -0.4 is 14.9 Å². The molecule has 0 aliphatic rings. The summed E-state index contributed by atoms with van der Waals surface area (Å²) in [4.78, 5) is 44.3. The molecular weight excluding hydrogens is 572 g/mol. The van der Waals surface area contributed by atoms with Crippen LogP contribution in [0.3, 0.4) is 0 Å². The molecule has 228 valence electrons. The van der Waals surface area contributed by atoms with Gasteiger partial charge >= 0.3 is 5.97 Å². The van der Waals surface area contributed by atoms with Crippen molar-refractivity contribution in [3.05, 3.63) is 142 Å². The zero-order chi connectivity index (χ0) is 32.2. The van der Waals surface area contributed by atoms with E-state index in [9.17, 15) is 19.5 Å². The second-order valence-corrected chi connectivity index (χ2v) is 9.39. The summed E-state index contributed by atoms with van der Waals surface area (Å²) in [6.07, 6.45) is 2.74. The fourth-order valence-corrected chi connectivity index (χ4v) is 4.35. The Morgan fingerprint density at radius 2 is 1.40 bits per heavy atom. The van der Waals surface area contributed by atoms with E-state index in [0.717, 1.165) is 0 Å². The first-order valence-electron chi connectivity index (χ1n) is 14.0. The summed E-state index contributed by atoms with van der Waals surface area (Å²) in [6, 6.07) is 29.8. The average Bonchev–Trinajstić information content (AvgIpc) is 3.09. The van der Waals surface area contributed by atoms with Gasteiger partial charge in [0.25, 0.3) is 0 Å². The van der Waals surface area contributed by atoms with Crippen molar-refractivity contribution < 1.29 is 28.9 Å². The van der Waals surface area contributed by atoms with E-state index in [1.807, 2.05) is 18.2 Å². The van der Waals surface area contributed by atoms with Gasteiger partial charge in [0.1, 0.15) is 28.5 Å². The van der Waals surface area contributed by atoms with Gasteiger partial charge in [0.2, 0.25) is 5.43 Å². The Balaban J connectivity index is 0.000000206. The second kappa shape index (κ2) is 15.5. The molecule has 0 aliphatic carbocycles. The Morgan fingerprint density at radius 3 is 2.04 bits per heavy atom. The first kappa shape index (κ1) is 32.0. The Kier molecular flexibility index (Phi) is 11.0. The molecule has 0 bridgehead atoms. The predicted molar refractivity (Wildman–Crippen MR) is 175 cm³/mol. The number of para-hydroxylation sites is 3. The van der Waals surface area contributed by atoms with E-state index in [1.54, 1.807) is 91.9 Å². The number of hydrogen-bond donors (Lipinski definition) is 2. The molecule has 4 aromatic carbocycles. The average molecular weight is 605 g/mol. The van der Waals surface area contributed by atoms with Gasteiger partial charge in [-0.2, -0.15) is 0 Å². The number of esters is 1. The molecule has 0 aliphatic heterocycles. The molecule has 45 heavy (non-hydrogen) atoms. The fraction of sp³-hybridized carbons (Fsp3) is 0.111. The zero-order valence-corrected chi connectivity index (χ0v) is 25.0. The van der Waals surface area contributed by atoms with Crippen molar-refractivity contribution in [2.75, 3.05) is 20.8 Å². The van der Waals surface area contributed by atoms with Crippen LogP contribution in [0.15, 0.2) is 125 Å². The van der Waals surface area contributed by atoms with E-state index >= 15 is 0 Å². The Labute approximate surface area is 260 Å². The zero-order valence-electron chi connectivity index (χ0n) is 25.0. The molecular formula is C36H32N2O7. The summed E-state index contributed by atoms with van der Waals surface area (Å²) in [7, 11) is 3.08. The maximum Gasteiger partial charge on any atom is 0.343 e. The molecule has 0 fully saturated rings. The number of hydrogen-bond acceptors (Lipinski definition) is 8. The highest BCUT2D eigenvalue weighted by Crippen LogP contribution is 2.27. The molecule has 2 N–H and O–H groups in total. The first-order chi connectivity index (χ1) is 21.9. The van der Waals surface area contributed by atoms with Crippen LogP contribution in [0.5, 0.6) is 11.5 Å². The number of aromatic nitrogens is 1. The number of aromatic amines is 1. The molecule has 0 atom stereocenters. The number of carbonyl (C=O) groups excluding carboxylic acids is 2. The summed E-state index contributed by atoms with van der Waals surface area (Å²) in [5.74, 6) is 0.0197. The third-order valence-corrected chi connectivity index (χ3v) is 6.59. The highest BCUT2D eigenvalue weighted by atomic mass is 16.5. The maximum atomic E-state index is 12.5. The molecule has 0 saturated carbocycles. The number of aliphatic hydroxyl groups is 1. The van der Waals surface area contributed by atoms with Gasteiger partial charge < -0.3 is 24.3 Å². The summed E-state index contributed by atoms with van der Waals surface area (Å²) in [5, 5.41) is 10.9. The van der Waals surface area contributed by atoms with Gasteiger partial charge in [-0.3, -0.25) is 14.6 Å². The number of nitrogens with zero attached hydrogens (tertiary/aromatic N) is 1. The molecule has 9 nitrogen and oxygen atoms in total. The fourth-order valence-electron chi connectivity index (χ4n) is 4.35. The first-order valence-corrected chi connectivity index (χ1v) is 14.0. The Hall–Kier alpha value is -5.96. The number of pyridine rings is 1. The predicted octanol–water partition coefficient (Wildman–Crippen LogP) is 6.70. The molecule has 5 aromatic rings. The van der Waals surface area contributed by atoms with E-state index in [0.29, 0.717) is 39.2 Å². The van der Waals surface area contributed by atoms with E-state index in [2.05, 4.69) is 9.98 Å². The highest BCUT2D eigenvalue weighted by Gasteiger charge is 2.17. The minimum atomic E-state index is -0.641. The number of aliphatic hydroxyl groups excluding tert-OH is 1. The second-order valence-electron chi connectivity index (χ2n) is 9.39. The minimum absolute atomic E-state index is 0.0195. The van der Waals surface area contributed by atoms with E-state index in [1.165, 1.54) is 26.6 Å². The van der Waals surface area contributed by atoms with Gasteiger partial charge in [0.05, 0.1) is 37.3 Å². The minimum Gasteiger partial charge on any atom is -0.506 e. The maximum absolute atomic E-state index is 12.5. The number of aliphatic imine (C=N–C) groups is 1. The summed E-state index contributed by atoms with van der Waals surface area (Å²) in [5.41, 5.74) is 1.95. The van der Waals surface area contributed by atoms with Crippen molar-refractivity contribution in [3.8, 4) is 11.5 Å². The van der Waals surface area contributed by atoms with E-state index in [-0.39, 0.29) is 34.7 Å². The van der Waals surface area contributed by atoms with Crippen molar-refractivity contribution in [1.29, 1.82) is 0 Å². The number of nitrogens with one attached hydrogen (secondary N) is 1. The lowest BCUT2D eigenvalue weighted by Gasteiger charge is -2.07. The third-order valence-electron chi connectivity index (χ3n) is 6.59. The van der Waals surface area contributed by atoms with Crippen LogP contribution in [0.1, 0.15) is 28.4 Å². The van der Waals surface area contributed by atoms with Gasteiger partial charge in [0.15, 0.2) is 5.78 Å². The van der Waals surface area contributed by atoms with E-state index in [4.69, 9.17) is 14.2 Å². The molecule has 0 saturated heterocycles. The number of carbonyl (C=O) groups is 2. The van der Waals surface area contributed by atoms with Crippen molar-refractivity contribution in [3.63, 3.8) is 0 Å². The van der Waals surface area contributed by atoms with Gasteiger partial charge in [-0.15, -0.1) is 0 Å². The lowest BCUT2D eigenvalue weighted by Crippen LogP contribution is -2.16. The van der Waals surface area contributed by atoms with Crippen LogP contribution in [-0.2, 0) is 9.53 Å². The third kappa shape index (κ3) is 7.71. The van der Waals surface area contributed by atoms with Gasteiger partial charge in [-0.25, -0.2) is 4.79 Å². The van der Waals surface area contributed by atoms with Crippen LogP contribution in [0, 0.1) is 0 Å². The molecule has 0 radical (unpaired) electrons. The quantitative estimate of drug-likeness (QED) is 0.0630. The number of H-pyrrole nitrogens is 1. The lowest BCUT2D eigenvalue weighted by atomic mass is 10.0. The topological polar surface area (TPSA) is 127 Å². The summed E-state index contributed by atoms with van der Waals surface area (Å²) >= 11 is 0. The SMILES string of the molecule is CCOC(=O)C(C=Nc1ccccc1OC)=C(O)c1ccccc1.COc1cccc2c(=O)c(C(=O)c3ccccc3)c[nH]c12. The lowest BCUT2D eigenvalue weighted by molar-refractivity contribution is -0.137. The van der Waals surface area contributed by atoms with Crippen LogP contribution in [0.4, 0.5) is 5.69 Å². The highest BCUT2D eigenvalue weighted by molar-refractivity contribution is 6.15. The Morgan fingerprint density at radius 1 is 0.800 bits per heavy atom. The normalized spacial score (nSPS) is 11.3. The van der Waals surface area contributed by atoms with Crippen molar-refractivity contribution in [2.45, 2.75) is 6.92 Å². The summed E-state index contributed by atoms with van der Waals surface area (Å²) < 4.78 is 15.4. The van der Waals surface area contributed by atoms with Crippen LogP contribution >= 0.6 is 0 Å². The van der Waals surface area contributed by atoms with E-state index < -0.39 is 5.97 Å². The number of methoxy groups -OCH3 is 2. The van der Waals surface area contributed by atoms with Crippen molar-refractivity contribution in [1.82, 2.24) is 4.98 Å². The van der Waals surface area contributed by atoms with Crippen LogP contribution in [-0.4, -0.2) is 48.9 Å². The molecule has 0 unspecified atom stereocenters. The largest absolute Gasteiger partial charge is 0.506 e. The van der Waals surface area contributed by atoms with Gasteiger partial charge in [-0.05, 0) is 31.2 Å². The molecule has 9 heteroatoms. The van der Waals surface area contributed by atoms with Crippen molar-refractivity contribution in [2.24, 2.45) is 4.99 Å². The standard InChI is InChI=1S/C19H19NO4.C17H13NO3/c1-3-24-19(22)15(18(21)14-9-5-4-6-10-14)13-20-16-11-7-8-12-17(16)23-2;1-21-14-9-5-8-12-15(14)18-10-13(17(12)20)16(19)11-6-3-2-4-7-11/h4-13,21H,3H2,1-2H3;2-10H,1H3,(H,18,20). The molecule has 1 aromatic heterocycles. The molecule has 1 heterocycles. The van der Waals surface area contributed by atoms with Crippen molar-refractivity contribution >= 4 is 40.3 Å². The summed E-state index contributed by atoms with van der Waals surface area (Å²) in [6.45, 7) is 1.90. The van der Waals surface area contributed by atoms with Crippen LogP contribution in [0.25, 0.3) is 16.7 Å².